The molecule has 84 heavy (non-hydrogen) atoms. The molecule has 5 saturated heterocycles. The predicted octanol–water partition coefficient (Wildman–Crippen LogP) is 1.94. The summed E-state index contributed by atoms with van der Waals surface area (Å²) in [4.78, 5) is 53.7. The summed E-state index contributed by atoms with van der Waals surface area (Å²) < 4.78 is 84.4. The smallest absolute Gasteiger partial charge is 0.305 e. The Morgan fingerprint density at radius 1 is 0.726 bits per heavy atom. The topological polar surface area (TPSA) is 359 Å². The van der Waals surface area contributed by atoms with Gasteiger partial charge in [-0.3, -0.25) is 19.2 Å². The molecule has 6 aliphatic rings. The Morgan fingerprint density at radius 3 is 1.86 bits per heavy atom. The molecule has 5 fully saturated rings. The first-order valence-electron chi connectivity index (χ1n) is 28.8. The van der Waals surface area contributed by atoms with Crippen molar-refractivity contribution in [1.82, 2.24) is 0 Å². The van der Waals surface area contributed by atoms with Crippen LogP contribution in [-0.4, -0.2) is 225 Å². The highest BCUT2D eigenvalue weighted by Gasteiger charge is 2.53. The fourth-order valence-electron chi connectivity index (χ4n) is 12.5. The third-order valence-corrected chi connectivity index (χ3v) is 16.9. The van der Waals surface area contributed by atoms with Gasteiger partial charge in [-0.1, -0.05) is 6.92 Å². The summed E-state index contributed by atoms with van der Waals surface area (Å²) in [5, 5.41) is 90.1. The van der Waals surface area contributed by atoms with Gasteiger partial charge in [-0.25, -0.2) is 0 Å². The zero-order valence-electron chi connectivity index (χ0n) is 49.4. The van der Waals surface area contributed by atoms with Crippen molar-refractivity contribution in [3.8, 4) is 17.2 Å². The van der Waals surface area contributed by atoms with Crippen LogP contribution in [0.2, 0.25) is 0 Å². The van der Waals surface area contributed by atoms with E-state index in [1.807, 2.05) is 0 Å². The number of esters is 2. The molecule has 2 aromatic carbocycles. The minimum absolute atomic E-state index is 0.0531. The molecule has 26 heteroatoms. The molecule has 0 spiro atoms. The molecule has 0 amide bonds. The normalized spacial score (nSPS) is 39.4. The molecule has 26 nitrogen and oxygen atoms in total. The highest BCUT2D eigenvalue weighted by Crippen LogP contribution is 2.48. The number of phenolic OH excluding ortho intramolecular Hbond substituents is 2. The second kappa shape index (κ2) is 27.0. The number of methoxy groups -OCH3 is 2. The number of hydrogen-bond acceptors (Lipinski definition) is 26. The largest absolute Gasteiger partial charge is 0.507 e. The van der Waals surface area contributed by atoms with Gasteiger partial charge >= 0.3 is 11.9 Å². The molecule has 25 atom stereocenters. The van der Waals surface area contributed by atoms with Crippen LogP contribution in [0.5, 0.6) is 17.2 Å². The number of aromatic hydroxyl groups is 2. The third-order valence-electron chi connectivity index (χ3n) is 16.9. The van der Waals surface area contributed by atoms with Crippen LogP contribution in [0.1, 0.15) is 122 Å². The summed E-state index contributed by atoms with van der Waals surface area (Å²) in [5.74, 6) is -5.26. The molecule has 0 saturated carbocycles. The Labute approximate surface area is 486 Å². The Hall–Kier alpha value is -4.30. The van der Waals surface area contributed by atoms with Gasteiger partial charge in [0.2, 0.25) is 6.29 Å². The van der Waals surface area contributed by atoms with Gasteiger partial charge in [0, 0.05) is 71.1 Å². The van der Waals surface area contributed by atoms with Crippen molar-refractivity contribution in [3.63, 3.8) is 0 Å². The molecule has 5 heterocycles. The van der Waals surface area contributed by atoms with Crippen molar-refractivity contribution in [3.05, 3.63) is 28.8 Å². The lowest BCUT2D eigenvalue weighted by atomic mass is 9.75. The maximum atomic E-state index is 15.1. The van der Waals surface area contributed by atoms with Crippen LogP contribution < -0.4 is 4.74 Å². The van der Waals surface area contributed by atoms with Gasteiger partial charge < -0.3 is 107 Å². The maximum Gasteiger partial charge on any atom is 0.305 e. The first-order chi connectivity index (χ1) is 39.5. The van der Waals surface area contributed by atoms with Crippen molar-refractivity contribution in [2.45, 2.75) is 261 Å². The molecule has 1 aliphatic carbocycles. The molecule has 0 unspecified atom stereocenters. The lowest BCUT2D eigenvalue weighted by Crippen LogP contribution is -2.59. The Morgan fingerprint density at radius 2 is 1.29 bits per heavy atom. The number of aliphatic hydroxyl groups excluding tert-OH is 5. The monoisotopic (exact) mass is 1200 g/mol. The van der Waals surface area contributed by atoms with Crippen molar-refractivity contribution in [2.24, 2.45) is 5.92 Å². The Bertz CT molecular complexity index is 2640. The van der Waals surface area contributed by atoms with E-state index in [2.05, 4.69) is 0 Å². The van der Waals surface area contributed by atoms with Gasteiger partial charge in [-0.2, -0.15) is 0 Å². The maximum absolute atomic E-state index is 15.1. The van der Waals surface area contributed by atoms with Crippen LogP contribution in [0, 0.1) is 12.8 Å². The number of ketones is 2. The van der Waals surface area contributed by atoms with E-state index in [1.165, 1.54) is 61.0 Å². The molecular weight excluding hydrogens is 1110 g/mol. The van der Waals surface area contributed by atoms with Crippen LogP contribution in [0.25, 0.3) is 10.8 Å². The second-order valence-corrected chi connectivity index (χ2v) is 23.3. The average Bonchev–Trinajstić information content (AvgIpc) is 0.985. The highest BCUT2D eigenvalue weighted by atomic mass is 16.7. The summed E-state index contributed by atoms with van der Waals surface area (Å²) in [6.45, 7) is 15.3. The van der Waals surface area contributed by atoms with Crippen molar-refractivity contribution in [1.29, 1.82) is 0 Å². The number of phenols is 2. The van der Waals surface area contributed by atoms with Crippen molar-refractivity contribution < 1.29 is 126 Å². The van der Waals surface area contributed by atoms with Crippen LogP contribution in [0.4, 0.5) is 0 Å². The number of fused-ring (bicyclic) bond motifs is 2. The summed E-state index contributed by atoms with van der Waals surface area (Å²) in [5.41, 5.74) is -1.52. The number of rotatable bonds is 19. The molecule has 8 rings (SSSR count). The quantitative estimate of drug-likeness (QED) is 0.0932. The minimum atomic E-state index is -1.96. The number of carbonyl (C=O) groups is 4. The molecule has 2 aromatic rings. The van der Waals surface area contributed by atoms with Crippen molar-refractivity contribution in [2.75, 3.05) is 14.2 Å². The van der Waals surface area contributed by atoms with E-state index in [0.717, 1.165) is 0 Å². The minimum Gasteiger partial charge on any atom is -0.507 e. The standard InChI is InChI=1S/C58H84O26/c1-13-38(62)82-57-28(8)77-43(21-58(57,10)70)81-36-18-40(73-24(4)49(36)66)80-35-19-42(74-25(5)48(35)65)84-56-32(55(72-12)52(69)47(64)23(3)59)15-30-14-31-16-34(22(2)46(63)44(31)50(67)45(30)51(56)68)79-41-20-37(78-29(9)60)54(27(7)76-41)83-39-17-33(61)53(71-11)26(6)75-39/h14,16,23-28,32-33,35-37,39-43,47-49,53-57,59,61,63-67,70H,13,15,17-21H2,1-12H3/t23-,24+,25-,26-,27+,28+,32-,33+,35+,36+,37-,39-,40+,41+,42-,43-,47+,48-,49-,53+,54+,55+,56-,57+,58-/m0/s1. The van der Waals surface area contributed by atoms with E-state index in [0.29, 0.717) is 0 Å². The van der Waals surface area contributed by atoms with Gasteiger partial charge in [0.1, 0.15) is 71.7 Å². The average molecular weight is 1200 g/mol. The third kappa shape index (κ3) is 14.0. The van der Waals surface area contributed by atoms with Gasteiger partial charge in [0.25, 0.3) is 0 Å². The number of carbonyl (C=O) groups excluding carboxylic acids is 4. The van der Waals surface area contributed by atoms with Crippen LogP contribution in [0.3, 0.4) is 0 Å². The number of aliphatic hydroxyl groups is 6. The van der Waals surface area contributed by atoms with E-state index >= 15 is 4.79 Å². The van der Waals surface area contributed by atoms with Crippen LogP contribution in [0.15, 0.2) is 12.1 Å². The summed E-state index contributed by atoms with van der Waals surface area (Å²) in [7, 11) is 2.65. The van der Waals surface area contributed by atoms with Gasteiger partial charge in [-0.05, 0) is 84.9 Å². The predicted molar refractivity (Wildman–Crippen MR) is 287 cm³/mol. The van der Waals surface area contributed by atoms with E-state index < -0.39 is 188 Å². The molecule has 0 bridgehead atoms. The second-order valence-electron chi connectivity index (χ2n) is 23.3. The number of benzene rings is 2. The number of hydrogen-bond donors (Lipinski definition) is 8. The van der Waals surface area contributed by atoms with E-state index in [4.69, 9.17) is 66.3 Å². The summed E-state index contributed by atoms with van der Waals surface area (Å²) >= 11 is 0. The molecule has 472 valence electrons. The zero-order valence-corrected chi connectivity index (χ0v) is 49.4. The first-order valence-corrected chi connectivity index (χ1v) is 28.8. The summed E-state index contributed by atoms with van der Waals surface area (Å²) in [6.07, 6.45) is -25.7. The lowest BCUT2D eigenvalue weighted by molar-refractivity contribution is -0.334. The first kappa shape index (κ1) is 65.7. The molecule has 0 radical (unpaired) electrons. The van der Waals surface area contributed by atoms with Gasteiger partial charge in [0.15, 0.2) is 42.8 Å². The molecular formula is C58H84O26. The lowest BCUT2D eigenvalue weighted by Gasteiger charge is -2.46. The SMILES string of the molecule is CCC(=O)O[C@@H]1[C@@H](C)O[C@@H](O[C@@H]2C[C@@H](O[C@@H]3C[C@H](O[C@@H]4C(=O)c5c(cc6cc(O[C@@H]7C[C@H](OC(C)=O)[C@H](O[C@H]8C[C@@H](O)[C@H](OC)[C@H](C)O8)[C@@H](C)O7)c(C)c(O)c6c5O)C[C@H]4[C@@H](OC)C(=O)[C@H](O)[C@H](C)O)O[C@@H](C)[C@@H]3O)O[C@H](C)[C@@H]2O)C[C@]1(C)O. The molecule has 0 aromatic heterocycles. The zero-order chi connectivity index (χ0) is 61.5. The fraction of sp³-hybridized carbons (Fsp3) is 0.759. The summed E-state index contributed by atoms with van der Waals surface area (Å²) in [6, 6.07) is 3.03. The van der Waals surface area contributed by atoms with Crippen molar-refractivity contribution >= 4 is 34.3 Å². The molecule has 8 N–H and O–H groups in total. The van der Waals surface area contributed by atoms with Gasteiger partial charge in [-0.15, -0.1) is 0 Å². The van der Waals surface area contributed by atoms with E-state index in [-0.39, 0.29) is 78.2 Å². The Balaban J connectivity index is 1.02. The van der Waals surface area contributed by atoms with E-state index in [1.54, 1.807) is 34.6 Å². The number of ether oxygens (including phenoxy) is 14. The Kier molecular flexibility index (Phi) is 21.1. The van der Waals surface area contributed by atoms with E-state index in [9.17, 15) is 55.2 Å². The highest BCUT2D eigenvalue weighted by molar-refractivity contribution is 6.11. The van der Waals surface area contributed by atoms with Gasteiger partial charge in [0.05, 0.1) is 65.9 Å². The van der Waals surface area contributed by atoms with Crippen LogP contribution >= 0.6 is 0 Å². The van der Waals surface area contributed by atoms with Crippen LogP contribution in [-0.2, 0) is 82.4 Å². The number of Topliss-reactive ketones (excluding diaryl/α,β-unsaturated/α-hetero) is 2. The molecule has 5 aliphatic heterocycles. The fourth-order valence-corrected chi connectivity index (χ4v) is 12.5.